The van der Waals surface area contributed by atoms with Crippen LogP contribution in [0.1, 0.15) is 38.5 Å². The van der Waals surface area contributed by atoms with Crippen LogP contribution in [0.3, 0.4) is 0 Å². The average Bonchev–Trinajstić information content (AvgIpc) is 2.93. The lowest BCUT2D eigenvalue weighted by Gasteiger charge is -2.35. The Morgan fingerprint density at radius 1 is 1.45 bits per heavy atom. The summed E-state index contributed by atoms with van der Waals surface area (Å²) in [5.74, 6) is 0.0358. The number of rotatable bonds is 7. The van der Waals surface area contributed by atoms with Crippen molar-refractivity contribution in [3.05, 3.63) is 12.4 Å². The van der Waals surface area contributed by atoms with Crippen molar-refractivity contribution in [1.82, 2.24) is 9.78 Å². The predicted molar refractivity (Wildman–Crippen MR) is 89.2 cm³/mol. The topological polar surface area (TPSA) is 82.2 Å². The van der Waals surface area contributed by atoms with Crippen molar-refractivity contribution in [3.8, 4) is 0 Å². The van der Waals surface area contributed by atoms with Crippen molar-refractivity contribution in [2.75, 3.05) is 25.6 Å². The van der Waals surface area contributed by atoms with Gasteiger partial charge in [0, 0.05) is 19.7 Å². The highest BCUT2D eigenvalue weighted by Crippen LogP contribution is 2.38. The van der Waals surface area contributed by atoms with Crippen molar-refractivity contribution < 1.29 is 9.53 Å². The van der Waals surface area contributed by atoms with Crippen LogP contribution in [0.25, 0.3) is 0 Å². The number of ether oxygens (including phenoxy) is 1. The number of nitrogens with one attached hydrogen (secondary N) is 1. The van der Waals surface area contributed by atoms with E-state index in [-0.39, 0.29) is 23.7 Å². The van der Waals surface area contributed by atoms with E-state index in [0.29, 0.717) is 26.1 Å². The molecule has 7 heteroatoms. The third-order valence-corrected chi connectivity index (χ3v) is 4.32. The van der Waals surface area contributed by atoms with Crippen LogP contribution < -0.4 is 11.1 Å². The van der Waals surface area contributed by atoms with E-state index in [9.17, 15) is 4.79 Å². The average molecular weight is 331 g/mol. The lowest BCUT2D eigenvalue weighted by molar-refractivity contribution is -0.118. The molecule has 126 valence electrons. The van der Waals surface area contributed by atoms with Crippen LogP contribution in [0.5, 0.6) is 0 Å². The number of nitrogens with zero attached hydrogens (tertiary/aromatic N) is 2. The van der Waals surface area contributed by atoms with E-state index in [0.717, 1.165) is 18.5 Å². The van der Waals surface area contributed by atoms with Crippen LogP contribution in [0.15, 0.2) is 12.4 Å². The molecule has 0 spiro atoms. The third-order valence-electron chi connectivity index (χ3n) is 4.32. The van der Waals surface area contributed by atoms with Gasteiger partial charge in [0.1, 0.15) is 0 Å². The summed E-state index contributed by atoms with van der Waals surface area (Å²) in [6.07, 6.45) is 9.74. The van der Waals surface area contributed by atoms with E-state index in [1.807, 2.05) is 6.20 Å². The molecular formula is C15H27ClN4O2. The quantitative estimate of drug-likeness (QED) is 0.803. The number of hydrogen-bond acceptors (Lipinski definition) is 4. The van der Waals surface area contributed by atoms with Crippen molar-refractivity contribution in [1.29, 1.82) is 0 Å². The molecule has 1 aromatic rings. The minimum atomic E-state index is -0.00558. The molecule has 0 bridgehead atoms. The fourth-order valence-electron chi connectivity index (χ4n) is 3.04. The van der Waals surface area contributed by atoms with Gasteiger partial charge in [-0.1, -0.05) is 19.3 Å². The van der Waals surface area contributed by atoms with Gasteiger partial charge in [0.15, 0.2) is 0 Å². The standard InChI is InChI=1S/C15H26N4O2.ClH/c1-21-8-7-19-11-13(10-17-19)18-14(20)9-15(12-16)5-3-2-4-6-15;/h10-11H,2-9,12,16H2,1H3,(H,18,20);1H. The summed E-state index contributed by atoms with van der Waals surface area (Å²) < 4.78 is 6.76. The Morgan fingerprint density at radius 3 is 2.82 bits per heavy atom. The first-order valence-corrected chi connectivity index (χ1v) is 7.69. The lowest BCUT2D eigenvalue weighted by Crippen LogP contribution is -2.36. The van der Waals surface area contributed by atoms with Gasteiger partial charge >= 0.3 is 0 Å². The van der Waals surface area contributed by atoms with Crippen molar-refractivity contribution >= 4 is 24.0 Å². The van der Waals surface area contributed by atoms with Crippen LogP contribution in [0, 0.1) is 5.41 Å². The molecule has 1 heterocycles. The molecule has 22 heavy (non-hydrogen) atoms. The summed E-state index contributed by atoms with van der Waals surface area (Å²) in [4.78, 5) is 12.2. The first kappa shape index (κ1) is 18.9. The summed E-state index contributed by atoms with van der Waals surface area (Å²) in [7, 11) is 1.66. The zero-order valence-electron chi connectivity index (χ0n) is 13.2. The van der Waals surface area contributed by atoms with E-state index in [1.165, 1.54) is 19.3 Å². The summed E-state index contributed by atoms with van der Waals surface area (Å²) in [5, 5.41) is 7.11. The molecule has 0 unspecified atom stereocenters. The Balaban J connectivity index is 0.00000242. The van der Waals surface area contributed by atoms with E-state index in [2.05, 4.69) is 10.4 Å². The minimum Gasteiger partial charge on any atom is -0.383 e. The Morgan fingerprint density at radius 2 is 2.18 bits per heavy atom. The monoisotopic (exact) mass is 330 g/mol. The van der Waals surface area contributed by atoms with Gasteiger partial charge in [-0.25, -0.2) is 0 Å². The van der Waals surface area contributed by atoms with Crippen LogP contribution in [0.2, 0.25) is 0 Å². The minimum absolute atomic E-state index is 0. The predicted octanol–water partition coefficient (Wildman–Crippen LogP) is 2.19. The molecule has 0 aromatic carbocycles. The van der Waals surface area contributed by atoms with Crippen LogP contribution >= 0.6 is 12.4 Å². The number of nitrogens with two attached hydrogens (primary N) is 1. The SMILES string of the molecule is COCCn1cc(NC(=O)CC2(CN)CCCCC2)cn1.Cl. The zero-order chi connectivity index (χ0) is 15.1. The number of methoxy groups -OCH3 is 1. The first-order chi connectivity index (χ1) is 10.2. The van der Waals surface area contributed by atoms with Gasteiger partial charge < -0.3 is 15.8 Å². The molecule has 6 nitrogen and oxygen atoms in total. The number of carbonyl (C=O) groups is 1. The van der Waals surface area contributed by atoms with Crippen LogP contribution in [-0.4, -0.2) is 35.9 Å². The molecule has 0 radical (unpaired) electrons. The summed E-state index contributed by atoms with van der Waals surface area (Å²) in [6.45, 7) is 1.87. The molecule has 1 aromatic heterocycles. The number of halogens is 1. The molecule has 0 saturated heterocycles. The molecule has 3 N–H and O–H groups in total. The highest BCUT2D eigenvalue weighted by molar-refractivity contribution is 5.90. The normalized spacial score (nSPS) is 16.8. The van der Waals surface area contributed by atoms with Gasteiger partial charge in [-0.3, -0.25) is 9.48 Å². The van der Waals surface area contributed by atoms with E-state index < -0.39 is 0 Å². The van der Waals surface area contributed by atoms with E-state index in [4.69, 9.17) is 10.5 Å². The molecule has 1 fully saturated rings. The number of carbonyl (C=O) groups excluding carboxylic acids is 1. The number of aromatic nitrogens is 2. The molecular weight excluding hydrogens is 304 g/mol. The fraction of sp³-hybridized carbons (Fsp3) is 0.733. The van der Waals surface area contributed by atoms with Crippen molar-refractivity contribution in [3.63, 3.8) is 0 Å². The second-order valence-corrected chi connectivity index (χ2v) is 5.97. The molecule has 1 amide bonds. The number of anilines is 1. The van der Waals surface area contributed by atoms with Gasteiger partial charge in [-0.15, -0.1) is 12.4 Å². The van der Waals surface area contributed by atoms with Crippen LogP contribution in [0.4, 0.5) is 5.69 Å². The van der Waals surface area contributed by atoms with E-state index >= 15 is 0 Å². The third kappa shape index (κ3) is 5.26. The highest BCUT2D eigenvalue weighted by Gasteiger charge is 2.32. The summed E-state index contributed by atoms with van der Waals surface area (Å²) in [6, 6.07) is 0. The molecule has 2 rings (SSSR count). The van der Waals surface area contributed by atoms with Crippen molar-refractivity contribution in [2.24, 2.45) is 11.1 Å². The highest BCUT2D eigenvalue weighted by atomic mass is 35.5. The Kier molecular flexibility index (Phi) is 7.85. The maximum absolute atomic E-state index is 12.2. The summed E-state index contributed by atoms with van der Waals surface area (Å²) in [5.41, 5.74) is 6.66. The van der Waals surface area contributed by atoms with Crippen molar-refractivity contribution in [2.45, 2.75) is 45.1 Å². The maximum atomic E-state index is 12.2. The second kappa shape index (κ2) is 9.12. The smallest absolute Gasteiger partial charge is 0.225 e. The molecule has 1 aliphatic carbocycles. The van der Waals surface area contributed by atoms with Crippen LogP contribution in [-0.2, 0) is 16.1 Å². The Hall–Kier alpha value is -1.11. The maximum Gasteiger partial charge on any atom is 0.225 e. The van der Waals surface area contributed by atoms with Gasteiger partial charge in [0.05, 0.1) is 25.0 Å². The largest absolute Gasteiger partial charge is 0.383 e. The molecule has 1 aliphatic rings. The number of hydrogen-bond donors (Lipinski definition) is 2. The molecule has 0 aliphatic heterocycles. The Labute approximate surface area is 138 Å². The second-order valence-electron chi connectivity index (χ2n) is 5.97. The zero-order valence-corrected chi connectivity index (χ0v) is 14.0. The van der Waals surface area contributed by atoms with Gasteiger partial charge in [-0.2, -0.15) is 5.10 Å². The van der Waals surface area contributed by atoms with E-state index in [1.54, 1.807) is 18.0 Å². The Bertz CT molecular complexity index is 458. The van der Waals surface area contributed by atoms with Gasteiger partial charge in [-0.05, 0) is 24.8 Å². The fourth-order valence-corrected chi connectivity index (χ4v) is 3.04. The molecule has 0 atom stereocenters. The summed E-state index contributed by atoms with van der Waals surface area (Å²) >= 11 is 0. The first-order valence-electron chi connectivity index (χ1n) is 7.69. The molecule has 1 saturated carbocycles. The lowest BCUT2D eigenvalue weighted by atomic mass is 9.71. The number of amides is 1. The van der Waals surface area contributed by atoms with Gasteiger partial charge in [0.2, 0.25) is 5.91 Å². The van der Waals surface area contributed by atoms with Gasteiger partial charge in [0.25, 0.3) is 0 Å².